The molecule has 3 rings (SSSR count). The largest absolute Gasteiger partial charge is 0.494 e. The van der Waals surface area contributed by atoms with Gasteiger partial charge in [0.1, 0.15) is 5.75 Å². The zero-order valence-electron chi connectivity index (χ0n) is 15.1. The van der Waals surface area contributed by atoms with Crippen molar-refractivity contribution in [3.63, 3.8) is 0 Å². The van der Waals surface area contributed by atoms with Crippen molar-refractivity contribution in [1.82, 2.24) is 14.8 Å². The van der Waals surface area contributed by atoms with Crippen LogP contribution in [0.5, 0.6) is 5.75 Å². The number of hydrogen-bond donors (Lipinski definition) is 1. The molecule has 6 nitrogen and oxygen atoms in total. The van der Waals surface area contributed by atoms with E-state index in [0.717, 1.165) is 18.6 Å². The van der Waals surface area contributed by atoms with E-state index in [9.17, 15) is 9.59 Å². The van der Waals surface area contributed by atoms with E-state index in [1.54, 1.807) is 30.6 Å². The van der Waals surface area contributed by atoms with Gasteiger partial charge in [0.2, 0.25) is 0 Å². The van der Waals surface area contributed by atoms with Crippen molar-refractivity contribution in [3.8, 4) is 5.75 Å². The molecule has 1 aromatic carbocycles. The Morgan fingerprint density at radius 3 is 2.19 bits per heavy atom. The summed E-state index contributed by atoms with van der Waals surface area (Å²) < 4.78 is 5.56. The fraction of sp³-hybridized carbons (Fsp3) is 0.400. The van der Waals surface area contributed by atoms with Crippen molar-refractivity contribution in [2.45, 2.75) is 19.8 Å². The normalized spacial score (nSPS) is 14.8. The van der Waals surface area contributed by atoms with Gasteiger partial charge in [-0.3, -0.25) is 9.59 Å². The second-order valence-electron chi connectivity index (χ2n) is 6.41. The minimum absolute atomic E-state index is 0.00276. The summed E-state index contributed by atoms with van der Waals surface area (Å²) in [5.41, 5.74) is 1.31. The summed E-state index contributed by atoms with van der Waals surface area (Å²) >= 11 is 0. The molecule has 1 saturated heterocycles. The number of amides is 2. The van der Waals surface area contributed by atoms with Gasteiger partial charge in [-0.1, -0.05) is 6.92 Å². The van der Waals surface area contributed by atoms with Crippen molar-refractivity contribution >= 4 is 11.8 Å². The smallest absolute Gasteiger partial charge is 0.255 e. The molecule has 0 aliphatic carbocycles. The lowest BCUT2D eigenvalue weighted by molar-refractivity contribution is 0.0719. The van der Waals surface area contributed by atoms with Gasteiger partial charge in [0.15, 0.2) is 0 Å². The molecule has 138 valence electrons. The maximum absolute atomic E-state index is 12.8. The zero-order valence-corrected chi connectivity index (χ0v) is 15.1. The topological polar surface area (TPSA) is 65.6 Å². The number of rotatable bonds is 5. The minimum Gasteiger partial charge on any atom is -0.494 e. The van der Waals surface area contributed by atoms with Crippen LogP contribution in [-0.4, -0.2) is 59.4 Å². The number of nitrogens with zero attached hydrogens (tertiary/aromatic N) is 2. The molecule has 1 aliphatic rings. The highest BCUT2D eigenvalue weighted by Crippen LogP contribution is 2.16. The van der Waals surface area contributed by atoms with Crippen LogP contribution in [0.4, 0.5) is 0 Å². The molecule has 6 heteroatoms. The van der Waals surface area contributed by atoms with Gasteiger partial charge in [-0.05, 0) is 43.2 Å². The van der Waals surface area contributed by atoms with Crippen LogP contribution in [0.15, 0.2) is 42.7 Å². The predicted molar refractivity (Wildman–Crippen MR) is 99.4 cm³/mol. The molecule has 0 radical (unpaired) electrons. The molecule has 1 fully saturated rings. The number of aromatic nitrogens is 1. The molecule has 26 heavy (non-hydrogen) atoms. The van der Waals surface area contributed by atoms with E-state index in [2.05, 4.69) is 11.9 Å². The van der Waals surface area contributed by atoms with Gasteiger partial charge in [-0.2, -0.15) is 0 Å². The van der Waals surface area contributed by atoms with Gasteiger partial charge < -0.3 is 19.5 Å². The Bertz CT molecular complexity index is 725. The zero-order chi connectivity index (χ0) is 18.4. The van der Waals surface area contributed by atoms with Crippen LogP contribution in [-0.2, 0) is 0 Å². The van der Waals surface area contributed by atoms with E-state index in [4.69, 9.17) is 4.74 Å². The maximum Gasteiger partial charge on any atom is 0.255 e. The van der Waals surface area contributed by atoms with Crippen LogP contribution in [0, 0.1) is 0 Å². The Balaban J connectivity index is 1.59. The van der Waals surface area contributed by atoms with Crippen molar-refractivity contribution < 1.29 is 14.3 Å². The lowest BCUT2D eigenvalue weighted by Crippen LogP contribution is -2.37. The third-order valence-electron chi connectivity index (χ3n) is 4.49. The van der Waals surface area contributed by atoms with Crippen LogP contribution >= 0.6 is 0 Å². The summed E-state index contributed by atoms with van der Waals surface area (Å²) in [6.45, 7) is 5.14. The number of ether oxygens (including phenoxy) is 1. The Hall–Kier alpha value is -2.76. The molecule has 0 atom stereocenters. The van der Waals surface area contributed by atoms with Crippen LogP contribution in [0.3, 0.4) is 0 Å². The average molecular weight is 355 g/mol. The third-order valence-corrected chi connectivity index (χ3v) is 4.49. The first-order valence-corrected chi connectivity index (χ1v) is 9.13. The number of aromatic amines is 1. The highest BCUT2D eigenvalue weighted by atomic mass is 16.5. The summed E-state index contributed by atoms with van der Waals surface area (Å²) in [6, 6.07) is 9.06. The second-order valence-corrected chi connectivity index (χ2v) is 6.41. The average Bonchev–Trinajstić information content (AvgIpc) is 3.10. The van der Waals surface area contributed by atoms with Gasteiger partial charge in [-0.25, -0.2) is 0 Å². The summed E-state index contributed by atoms with van der Waals surface area (Å²) in [5.74, 6) is 0.795. The number of H-pyrrole nitrogens is 1. The van der Waals surface area contributed by atoms with Crippen molar-refractivity contribution in [2.75, 3.05) is 32.8 Å². The molecule has 1 aliphatic heterocycles. The molecule has 2 aromatic rings. The number of hydrogen-bond acceptors (Lipinski definition) is 3. The van der Waals surface area contributed by atoms with Crippen molar-refractivity contribution in [2.24, 2.45) is 0 Å². The molecule has 0 bridgehead atoms. The van der Waals surface area contributed by atoms with Crippen LogP contribution in [0.25, 0.3) is 0 Å². The molecule has 0 saturated carbocycles. The summed E-state index contributed by atoms with van der Waals surface area (Å²) in [4.78, 5) is 31.8. The fourth-order valence-corrected chi connectivity index (χ4v) is 3.06. The van der Waals surface area contributed by atoms with E-state index in [0.29, 0.717) is 43.9 Å². The Labute approximate surface area is 153 Å². The number of carbonyl (C=O) groups is 2. The Morgan fingerprint density at radius 1 is 0.962 bits per heavy atom. The lowest BCUT2D eigenvalue weighted by Gasteiger charge is -2.22. The second kappa shape index (κ2) is 8.56. The van der Waals surface area contributed by atoms with E-state index in [1.165, 1.54) is 0 Å². The molecular weight excluding hydrogens is 330 g/mol. The summed E-state index contributed by atoms with van der Waals surface area (Å²) in [6.07, 6.45) is 5.18. The lowest BCUT2D eigenvalue weighted by atomic mass is 10.2. The highest BCUT2D eigenvalue weighted by Gasteiger charge is 2.23. The van der Waals surface area contributed by atoms with Crippen LogP contribution < -0.4 is 4.74 Å². The van der Waals surface area contributed by atoms with Crippen molar-refractivity contribution in [3.05, 3.63) is 53.9 Å². The SMILES string of the molecule is CCCOc1ccc(C(=O)N2CCCN(C(=O)c3cc[nH]c3)CC2)cc1. The quantitative estimate of drug-likeness (QED) is 0.897. The summed E-state index contributed by atoms with van der Waals surface area (Å²) in [5, 5.41) is 0. The van der Waals surface area contributed by atoms with E-state index < -0.39 is 0 Å². The first-order valence-electron chi connectivity index (χ1n) is 9.13. The molecule has 1 N–H and O–H groups in total. The molecular formula is C20H25N3O3. The number of nitrogens with one attached hydrogen (secondary N) is 1. The fourth-order valence-electron chi connectivity index (χ4n) is 3.06. The maximum atomic E-state index is 12.8. The Kier molecular flexibility index (Phi) is 5.94. The third kappa shape index (κ3) is 4.25. The van der Waals surface area contributed by atoms with Gasteiger partial charge in [0.25, 0.3) is 11.8 Å². The Morgan fingerprint density at radius 2 is 1.62 bits per heavy atom. The first-order chi connectivity index (χ1) is 12.7. The van der Waals surface area contributed by atoms with E-state index in [-0.39, 0.29) is 11.8 Å². The molecule has 2 amide bonds. The van der Waals surface area contributed by atoms with Gasteiger partial charge in [0, 0.05) is 44.1 Å². The van der Waals surface area contributed by atoms with Crippen molar-refractivity contribution in [1.29, 1.82) is 0 Å². The van der Waals surface area contributed by atoms with Crippen LogP contribution in [0.1, 0.15) is 40.5 Å². The van der Waals surface area contributed by atoms with Crippen LogP contribution in [0.2, 0.25) is 0 Å². The predicted octanol–water partition coefficient (Wildman–Crippen LogP) is 2.79. The molecule has 0 spiro atoms. The van der Waals surface area contributed by atoms with Gasteiger partial charge >= 0.3 is 0 Å². The summed E-state index contributed by atoms with van der Waals surface area (Å²) in [7, 11) is 0. The van der Waals surface area contributed by atoms with Gasteiger partial charge in [0.05, 0.1) is 12.2 Å². The minimum atomic E-state index is 0.00276. The molecule has 1 aromatic heterocycles. The first kappa shape index (κ1) is 18.0. The standard InChI is InChI=1S/C20H25N3O3/c1-2-14-26-18-6-4-16(5-7-18)19(24)22-10-3-11-23(13-12-22)20(25)17-8-9-21-15-17/h4-9,15,21H,2-3,10-14H2,1H3. The highest BCUT2D eigenvalue weighted by molar-refractivity contribution is 5.95. The van der Waals surface area contributed by atoms with E-state index >= 15 is 0 Å². The number of carbonyl (C=O) groups excluding carboxylic acids is 2. The number of benzene rings is 1. The molecule has 0 unspecified atom stereocenters. The molecule has 2 heterocycles. The monoisotopic (exact) mass is 355 g/mol. The van der Waals surface area contributed by atoms with E-state index in [1.807, 2.05) is 21.9 Å². The van der Waals surface area contributed by atoms with Gasteiger partial charge in [-0.15, -0.1) is 0 Å².